The third-order valence-corrected chi connectivity index (χ3v) is 4.46. The van der Waals surface area contributed by atoms with Crippen molar-refractivity contribution in [3.8, 4) is 0 Å². The van der Waals surface area contributed by atoms with Crippen LogP contribution in [-0.2, 0) is 6.54 Å². The van der Waals surface area contributed by atoms with Gasteiger partial charge >= 0.3 is 0 Å². The van der Waals surface area contributed by atoms with Gasteiger partial charge in [-0.05, 0) is 37.4 Å². The van der Waals surface area contributed by atoms with Crippen molar-refractivity contribution in [3.63, 3.8) is 0 Å². The molecule has 1 aromatic rings. The quantitative estimate of drug-likeness (QED) is 0.728. The van der Waals surface area contributed by atoms with E-state index in [-0.39, 0.29) is 0 Å². The second-order valence-electron chi connectivity index (χ2n) is 6.06. The fourth-order valence-corrected chi connectivity index (χ4v) is 3.13. The average molecular weight is 274 g/mol. The van der Waals surface area contributed by atoms with Gasteiger partial charge in [-0.1, -0.05) is 56.5 Å². The molecule has 2 nitrogen and oxygen atoms in total. The Morgan fingerprint density at radius 3 is 2.55 bits per heavy atom. The maximum Gasteiger partial charge on any atom is 0.0234 e. The van der Waals surface area contributed by atoms with E-state index in [2.05, 4.69) is 47.5 Å². The van der Waals surface area contributed by atoms with Gasteiger partial charge in [-0.25, -0.2) is 0 Å². The SMILES string of the molecule is CCN(CCNCC1CCCCC1)Cc1ccccc1. The van der Waals surface area contributed by atoms with Crippen LogP contribution in [0.15, 0.2) is 30.3 Å². The first-order chi connectivity index (χ1) is 9.88. The highest BCUT2D eigenvalue weighted by molar-refractivity contribution is 5.14. The van der Waals surface area contributed by atoms with E-state index in [0.29, 0.717) is 0 Å². The van der Waals surface area contributed by atoms with E-state index >= 15 is 0 Å². The van der Waals surface area contributed by atoms with Crippen LogP contribution in [0.5, 0.6) is 0 Å². The van der Waals surface area contributed by atoms with E-state index in [1.165, 1.54) is 44.2 Å². The van der Waals surface area contributed by atoms with Crippen molar-refractivity contribution in [2.75, 3.05) is 26.2 Å². The summed E-state index contributed by atoms with van der Waals surface area (Å²) < 4.78 is 0. The Bertz CT molecular complexity index is 344. The van der Waals surface area contributed by atoms with E-state index in [4.69, 9.17) is 0 Å². The van der Waals surface area contributed by atoms with E-state index in [1.54, 1.807) is 0 Å². The molecule has 0 unspecified atom stereocenters. The van der Waals surface area contributed by atoms with Gasteiger partial charge in [0.2, 0.25) is 0 Å². The Balaban J connectivity index is 1.61. The highest BCUT2D eigenvalue weighted by atomic mass is 15.1. The summed E-state index contributed by atoms with van der Waals surface area (Å²) in [4.78, 5) is 2.52. The van der Waals surface area contributed by atoms with Crippen molar-refractivity contribution in [1.29, 1.82) is 0 Å². The minimum absolute atomic E-state index is 0.938. The van der Waals surface area contributed by atoms with Crippen molar-refractivity contribution >= 4 is 0 Å². The summed E-state index contributed by atoms with van der Waals surface area (Å²) in [6, 6.07) is 10.8. The van der Waals surface area contributed by atoms with Crippen LogP contribution in [0.3, 0.4) is 0 Å². The van der Waals surface area contributed by atoms with Crippen molar-refractivity contribution in [3.05, 3.63) is 35.9 Å². The van der Waals surface area contributed by atoms with Crippen LogP contribution in [0.2, 0.25) is 0 Å². The summed E-state index contributed by atoms with van der Waals surface area (Å²) in [5.41, 5.74) is 1.42. The number of likely N-dealkylation sites (N-methyl/N-ethyl adjacent to an activating group) is 1. The van der Waals surface area contributed by atoms with Gasteiger partial charge in [-0.3, -0.25) is 4.90 Å². The number of nitrogens with one attached hydrogen (secondary N) is 1. The first-order valence-corrected chi connectivity index (χ1v) is 8.35. The molecule has 1 aromatic carbocycles. The zero-order chi connectivity index (χ0) is 14.0. The van der Waals surface area contributed by atoms with Crippen LogP contribution in [0.25, 0.3) is 0 Å². The van der Waals surface area contributed by atoms with Gasteiger partial charge in [-0.15, -0.1) is 0 Å². The first kappa shape index (κ1) is 15.5. The molecule has 1 aliphatic carbocycles. The number of benzene rings is 1. The first-order valence-electron chi connectivity index (χ1n) is 8.35. The standard InChI is InChI=1S/C18H30N2/c1-2-20(16-18-11-7-4-8-12-18)14-13-19-15-17-9-5-3-6-10-17/h4,7-8,11-12,17,19H,2-3,5-6,9-10,13-16H2,1H3. The monoisotopic (exact) mass is 274 g/mol. The average Bonchev–Trinajstić information content (AvgIpc) is 2.52. The molecule has 1 aliphatic rings. The number of nitrogens with zero attached hydrogens (tertiary/aromatic N) is 1. The highest BCUT2D eigenvalue weighted by Gasteiger charge is 2.12. The summed E-state index contributed by atoms with van der Waals surface area (Å²) in [6.07, 6.45) is 7.23. The molecule has 0 atom stereocenters. The maximum absolute atomic E-state index is 3.66. The number of rotatable bonds is 8. The summed E-state index contributed by atoms with van der Waals surface area (Å²) >= 11 is 0. The topological polar surface area (TPSA) is 15.3 Å². The molecular formula is C18H30N2. The fourth-order valence-electron chi connectivity index (χ4n) is 3.13. The molecule has 0 spiro atoms. The van der Waals surface area contributed by atoms with Crippen LogP contribution in [0.4, 0.5) is 0 Å². The Morgan fingerprint density at radius 2 is 1.85 bits per heavy atom. The molecule has 0 heterocycles. The lowest BCUT2D eigenvalue weighted by molar-refractivity contribution is 0.270. The molecule has 1 fully saturated rings. The van der Waals surface area contributed by atoms with E-state index < -0.39 is 0 Å². The van der Waals surface area contributed by atoms with E-state index in [9.17, 15) is 0 Å². The summed E-state index contributed by atoms with van der Waals surface area (Å²) in [5, 5.41) is 3.66. The summed E-state index contributed by atoms with van der Waals surface area (Å²) in [7, 11) is 0. The number of hydrogen-bond donors (Lipinski definition) is 1. The Kier molecular flexibility index (Phi) is 7.10. The lowest BCUT2D eigenvalue weighted by Crippen LogP contribution is -2.34. The molecule has 1 N–H and O–H groups in total. The molecule has 1 saturated carbocycles. The largest absolute Gasteiger partial charge is 0.315 e. The van der Waals surface area contributed by atoms with Crippen molar-refractivity contribution in [1.82, 2.24) is 10.2 Å². The molecule has 0 radical (unpaired) electrons. The molecule has 0 aliphatic heterocycles. The molecule has 0 saturated heterocycles. The molecule has 112 valence electrons. The van der Waals surface area contributed by atoms with Gasteiger partial charge in [-0.2, -0.15) is 0 Å². The zero-order valence-electron chi connectivity index (χ0n) is 13.0. The molecule has 20 heavy (non-hydrogen) atoms. The van der Waals surface area contributed by atoms with Crippen LogP contribution in [-0.4, -0.2) is 31.1 Å². The van der Waals surface area contributed by atoms with Gasteiger partial charge in [0.1, 0.15) is 0 Å². The predicted octanol–water partition coefficient (Wildman–Crippen LogP) is 3.68. The van der Waals surface area contributed by atoms with Crippen molar-refractivity contribution in [2.45, 2.75) is 45.6 Å². The van der Waals surface area contributed by atoms with Gasteiger partial charge in [0.25, 0.3) is 0 Å². The molecule has 2 rings (SSSR count). The normalized spacial score (nSPS) is 16.7. The minimum Gasteiger partial charge on any atom is -0.315 e. The Morgan fingerprint density at radius 1 is 1.10 bits per heavy atom. The van der Waals surface area contributed by atoms with Crippen LogP contribution < -0.4 is 5.32 Å². The minimum atomic E-state index is 0.938. The van der Waals surface area contributed by atoms with Crippen LogP contribution in [0.1, 0.15) is 44.6 Å². The van der Waals surface area contributed by atoms with Crippen LogP contribution in [0, 0.1) is 5.92 Å². The maximum atomic E-state index is 3.66. The van der Waals surface area contributed by atoms with Gasteiger partial charge in [0, 0.05) is 19.6 Å². The Hall–Kier alpha value is -0.860. The number of hydrogen-bond acceptors (Lipinski definition) is 2. The van der Waals surface area contributed by atoms with Gasteiger partial charge in [0.05, 0.1) is 0 Å². The predicted molar refractivity (Wildman–Crippen MR) is 86.8 cm³/mol. The van der Waals surface area contributed by atoms with E-state index in [1.807, 2.05) is 0 Å². The van der Waals surface area contributed by atoms with Crippen molar-refractivity contribution < 1.29 is 0 Å². The molecule has 0 bridgehead atoms. The summed E-state index contributed by atoms with van der Waals surface area (Å²) in [5.74, 6) is 0.938. The second kappa shape index (κ2) is 9.15. The smallest absolute Gasteiger partial charge is 0.0234 e. The summed E-state index contributed by atoms with van der Waals surface area (Å²) in [6.45, 7) is 7.95. The van der Waals surface area contributed by atoms with Crippen LogP contribution >= 0.6 is 0 Å². The lowest BCUT2D eigenvalue weighted by atomic mass is 9.89. The second-order valence-corrected chi connectivity index (χ2v) is 6.06. The van der Waals surface area contributed by atoms with E-state index in [0.717, 1.165) is 32.1 Å². The molecular weight excluding hydrogens is 244 g/mol. The lowest BCUT2D eigenvalue weighted by Gasteiger charge is -2.24. The third kappa shape index (κ3) is 5.64. The molecule has 0 aromatic heterocycles. The van der Waals surface area contributed by atoms with Gasteiger partial charge in [0.15, 0.2) is 0 Å². The molecule has 0 amide bonds. The Labute approximate surface area is 124 Å². The third-order valence-electron chi connectivity index (χ3n) is 4.46. The molecule has 2 heteroatoms. The van der Waals surface area contributed by atoms with Crippen molar-refractivity contribution in [2.24, 2.45) is 5.92 Å². The fraction of sp³-hybridized carbons (Fsp3) is 0.667. The zero-order valence-corrected chi connectivity index (χ0v) is 13.0. The van der Waals surface area contributed by atoms with Gasteiger partial charge < -0.3 is 5.32 Å². The highest BCUT2D eigenvalue weighted by Crippen LogP contribution is 2.22.